The van der Waals surface area contributed by atoms with E-state index in [0.29, 0.717) is 40.1 Å². The third kappa shape index (κ3) is 7.40. The van der Waals surface area contributed by atoms with Gasteiger partial charge >= 0.3 is 5.97 Å². The van der Waals surface area contributed by atoms with Gasteiger partial charge in [0.05, 0.1) is 4.90 Å². The molecule has 0 radical (unpaired) electrons. The first kappa shape index (κ1) is 31.3. The number of carboxylic acid groups (broad SMARTS) is 1. The van der Waals surface area contributed by atoms with Crippen molar-refractivity contribution in [3.63, 3.8) is 0 Å². The monoisotopic (exact) mass is 636 g/mol. The number of carbonyl (C=O) groups is 2. The minimum absolute atomic E-state index is 0.00253. The summed E-state index contributed by atoms with van der Waals surface area (Å²) in [5.74, 6) is -2.17. The van der Waals surface area contributed by atoms with Gasteiger partial charge in [-0.15, -0.1) is 0 Å². The molecule has 3 aromatic rings. The topological polar surface area (TPSA) is 175 Å². The molecule has 1 aliphatic rings. The summed E-state index contributed by atoms with van der Waals surface area (Å²) in [7, 11) is -4.40. The lowest BCUT2D eigenvalue weighted by Gasteiger charge is -2.27. The van der Waals surface area contributed by atoms with Crippen LogP contribution in [0.4, 0.5) is 5.95 Å². The first-order chi connectivity index (χ1) is 19.9. The van der Waals surface area contributed by atoms with Gasteiger partial charge in [-0.3, -0.25) is 4.79 Å². The molecular weight excluding hydrogens is 607 g/mol. The first-order valence-corrected chi connectivity index (χ1v) is 15.2. The molecule has 2 aromatic carbocycles. The highest BCUT2D eigenvalue weighted by atomic mass is 35.5. The van der Waals surface area contributed by atoms with Crippen molar-refractivity contribution in [1.29, 1.82) is 0 Å². The molecule has 4 rings (SSSR count). The molecule has 2 unspecified atom stereocenters. The fourth-order valence-electron chi connectivity index (χ4n) is 4.34. The lowest BCUT2D eigenvalue weighted by molar-refractivity contribution is -0.146. The lowest BCUT2D eigenvalue weighted by atomic mass is 9.97. The normalized spacial score (nSPS) is 16.3. The van der Waals surface area contributed by atoms with Gasteiger partial charge in [0.2, 0.25) is 15.7 Å². The minimum atomic E-state index is -4.40. The van der Waals surface area contributed by atoms with Gasteiger partial charge in [-0.2, -0.15) is 4.72 Å². The van der Waals surface area contributed by atoms with Crippen LogP contribution in [0.1, 0.15) is 31.9 Å². The molecule has 12 nitrogen and oxygen atoms in total. The van der Waals surface area contributed by atoms with Crippen molar-refractivity contribution in [2.75, 3.05) is 18.5 Å². The molecule has 2 atom stereocenters. The van der Waals surface area contributed by atoms with Crippen LogP contribution in [0.15, 0.2) is 58.7 Å². The van der Waals surface area contributed by atoms with Crippen molar-refractivity contribution in [2.24, 2.45) is 11.1 Å². The predicted octanol–water partition coefficient (Wildman–Crippen LogP) is 4.17. The molecule has 1 aliphatic heterocycles. The van der Waals surface area contributed by atoms with Gasteiger partial charge in [-0.25, -0.2) is 18.2 Å². The average molecular weight is 638 g/mol. The van der Waals surface area contributed by atoms with Crippen molar-refractivity contribution in [1.82, 2.24) is 20.0 Å². The molecular formula is C27H30Cl2N6O6S. The Bertz CT molecular complexity index is 1570. The summed E-state index contributed by atoms with van der Waals surface area (Å²) in [6.45, 7) is 3.76. The van der Waals surface area contributed by atoms with Crippen LogP contribution in [0.5, 0.6) is 0 Å². The number of aromatic nitrogens is 2. The number of aliphatic carboxylic acids is 1. The van der Waals surface area contributed by atoms with Crippen molar-refractivity contribution in [3.8, 4) is 11.1 Å². The number of hydrogen-bond acceptors (Lipinski definition) is 8. The van der Waals surface area contributed by atoms with Gasteiger partial charge in [0.25, 0.3) is 5.91 Å². The molecule has 15 heteroatoms. The maximum atomic E-state index is 13.2. The number of benzene rings is 2. The number of H-pyrrole nitrogens is 1. The fourth-order valence-corrected chi connectivity index (χ4v) is 6.24. The van der Waals surface area contributed by atoms with Crippen molar-refractivity contribution < 1.29 is 28.0 Å². The largest absolute Gasteiger partial charge is 0.478 e. The number of nitrogens with one attached hydrogen (secondary N) is 4. The van der Waals surface area contributed by atoms with E-state index in [1.54, 1.807) is 24.4 Å². The molecule has 0 saturated carbocycles. The quantitative estimate of drug-likeness (QED) is 0.137. The number of aromatic amines is 1. The zero-order chi connectivity index (χ0) is 30.5. The molecule has 1 aromatic heterocycles. The number of rotatable bonds is 13. The number of amides is 1. The lowest BCUT2D eigenvalue weighted by Crippen LogP contribution is -2.64. The first-order valence-electron chi connectivity index (χ1n) is 13.0. The van der Waals surface area contributed by atoms with Gasteiger partial charge in [-0.1, -0.05) is 53.0 Å². The number of sulfonamides is 1. The number of aryl methyl sites for hydroxylation is 1. The highest BCUT2D eigenvalue weighted by Gasteiger charge is 2.42. The fraction of sp³-hybridized carbons (Fsp3) is 0.333. The van der Waals surface area contributed by atoms with Crippen LogP contribution in [-0.4, -0.2) is 59.9 Å². The Labute approximate surface area is 252 Å². The average Bonchev–Trinajstić information content (AvgIpc) is 3.57. The van der Waals surface area contributed by atoms with E-state index in [-0.39, 0.29) is 23.1 Å². The van der Waals surface area contributed by atoms with Crippen molar-refractivity contribution in [2.45, 2.75) is 43.7 Å². The van der Waals surface area contributed by atoms with Gasteiger partial charge in [0, 0.05) is 40.0 Å². The second kappa shape index (κ2) is 13.1. The molecule has 42 heavy (non-hydrogen) atoms. The van der Waals surface area contributed by atoms with Crippen LogP contribution in [0.3, 0.4) is 0 Å². The molecule has 5 N–H and O–H groups in total. The number of imidazole rings is 1. The molecule has 0 aliphatic carbocycles. The van der Waals surface area contributed by atoms with E-state index >= 15 is 0 Å². The van der Waals surface area contributed by atoms with Crippen LogP contribution < -0.4 is 15.4 Å². The number of anilines is 1. The van der Waals surface area contributed by atoms with Crippen LogP contribution in [0.25, 0.3) is 11.1 Å². The van der Waals surface area contributed by atoms with Gasteiger partial charge in [0.15, 0.2) is 11.7 Å². The number of hydrogen-bond donors (Lipinski definition) is 5. The second-order valence-electron chi connectivity index (χ2n) is 9.92. The Morgan fingerprint density at radius 1 is 1.14 bits per heavy atom. The summed E-state index contributed by atoms with van der Waals surface area (Å²) < 4.78 is 28.4. The Morgan fingerprint density at radius 3 is 2.45 bits per heavy atom. The van der Waals surface area contributed by atoms with E-state index in [9.17, 15) is 23.1 Å². The summed E-state index contributed by atoms with van der Waals surface area (Å²) in [5.41, 5.74) is -0.354. The minimum Gasteiger partial charge on any atom is -0.478 e. The zero-order valence-corrected chi connectivity index (χ0v) is 25.1. The van der Waals surface area contributed by atoms with E-state index < -0.39 is 27.6 Å². The number of oxime groups is 1. The molecule has 0 fully saturated rings. The summed E-state index contributed by atoms with van der Waals surface area (Å²) in [5, 5.41) is 19.9. The third-order valence-corrected chi connectivity index (χ3v) is 8.78. The number of halogens is 2. The van der Waals surface area contributed by atoms with E-state index in [1.807, 2.05) is 6.92 Å². The maximum absolute atomic E-state index is 13.2. The zero-order valence-electron chi connectivity index (χ0n) is 22.8. The number of unbranched alkanes of at least 4 members (excludes halogenated alkanes) is 1. The highest BCUT2D eigenvalue weighted by molar-refractivity contribution is 7.89. The summed E-state index contributed by atoms with van der Waals surface area (Å²) in [4.78, 5) is 37.4. The standard InChI is InChI=1S/C27H30Cl2N6O6S/c1-16-14-31-26(32-16)30-13-4-3-6-18-15-41-34-23(18)24(36)33-27(2,25(37)38)35-42(39,40)19-11-9-17(10-12-19)22-20(28)7-5-8-21(22)29/h5,7-12,14,18,35H,3-4,6,13,15H2,1-2H3,(H,33,36)(H,37,38)(H2,30,31,32). The van der Waals surface area contributed by atoms with Crippen LogP contribution in [0, 0.1) is 12.8 Å². The van der Waals surface area contributed by atoms with Crippen molar-refractivity contribution >= 4 is 56.8 Å². The third-order valence-electron chi connectivity index (χ3n) is 6.58. The maximum Gasteiger partial charge on any atom is 0.345 e. The molecule has 224 valence electrons. The van der Waals surface area contributed by atoms with Gasteiger partial charge < -0.3 is 25.6 Å². The van der Waals surface area contributed by atoms with Crippen LogP contribution in [0.2, 0.25) is 10.0 Å². The predicted molar refractivity (Wildman–Crippen MR) is 159 cm³/mol. The molecule has 0 saturated heterocycles. The van der Waals surface area contributed by atoms with Crippen LogP contribution in [-0.2, 0) is 24.4 Å². The molecule has 2 heterocycles. The Kier molecular flexibility index (Phi) is 9.77. The number of carboxylic acids is 1. The Morgan fingerprint density at radius 2 is 1.83 bits per heavy atom. The molecule has 0 bridgehead atoms. The van der Waals surface area contributed by atoms with E-state index in [1.165, 1.54) is 24.3 Å². The van der Waals surface area contributed by atoms with E-state index in [0.717, 1.165) is 25.5 Å². The van der Waals surface area contributed by atoms with E-state index in [4.69, 9.17) is 28.0 Å². The molecule has 0 spiro atoms. The Balaban J connectivity index is 1.38. The van der Waals surface area contributed by atoms with E-state index in [2.05, 4.69) is 30.5 Å². The highest BCUT2D eigenvalue weighted by Crippen LogP contribution is 2.35. The number of nitrogens with zero attached hydrogens (tertiary/aromatic N) is 2. The SMILES string of the molecule is Cc1cnc(NCCCCC2CON=C2C(=O)NC(C)(NS(=O)(=O)c2ccc(-c3c(Cl)cccc3Cl)cc2)C(=O)O)[nH]1. The second-order valence-corrected chi connectivity index (χ2v) is 12.4. The molecule has 1 amide bonds. The summed E-state index contributed by atoms with van der Waals surface area (Å²) >= 11 is 12.5. The smallest absolute Gasteiger partial charge is 0.345 e. The summed E-state index contributed by atoms with van der Waals surface area (Å²) in [6, 6.07) is 10.6. The van der Waals surface area contributed by atoms with Gasteiger partial charge in [0.1, 0.15) is 6.61 Å². The Hall–Kier alpha value is -3.65. The van der Waals surface area contributed by atoms with Crippen molar-refractivity contribution in [3.05, 3.63) is 64.4 Å². The van der Waals surface area contributed by atoms with Gasteiger partial charge in [-0.05, 0) is 56.5 Å². The van der Waals surface area contributed by atoms with Crippen LogP contribution >= 0.6 is 23.2 Å². The number of carbonyl (C=O) groups excluding carboxylic acids is 1. The summed E-state index contributed by atoms with van der Waals surface area (Å²) in [6.07, 6.45) is 3.78.